The number of fused-ring (bicyclic) bond motifs is 1. The van der Waals surface area contributed by atoms with Crippen molar-refractivity contribution in [3.8, 4) is 5.75 Å². The molecule has 0 bridgehead atoms. The van der Waals surface area contributed by atoms with Gasteiger partial charge in [0, 0.05) is 50.9 Å². The second-order valence-corrected chi connectivity index (χ2v) is 7.66. The van der Waals surface area contributed by atoms with E-state index < -0.39 is 0 Å². The number of amides is 1. The van der Waals surface area contributed by atoms with Crippen molar-refractivity contribution in [1.29, 1.82) is 0 Å². The van der Waals surface area contributed by atoms with Crippen LogP contribution < -0.4 is 10.1 Å². The van der Waals surface area contributed by atoms with Crippen molar-refractivity contribution in [3.05, 3.63) is 59.7 Å². The lowest BCUT2D eigenvalue weighted by Crippen LogP contribution is -2.47. The fourth-order valence-electron chi connectivity index (χ4n) is 4.37. The van der Waals surface area contributed by atoms with Crippen LogP contribution in [0, 0.1) is 0 Å². The highest BCUT2D eigenvalue weighted by molar-refractivity contribution is 5.90. The molecule has 1 heterocycles. The van der Waals surface area contributed by atoms with E-state index in [2.05, 4.69) is 39.4 Å². The highest BCUT2D eigenvalue weighted by Crippen LogP contribution is 2.35. The Bertz CT molecular complexity index is 798. The van der Waals surface area contributed by atoms with Crippen LogP contribution in [0.25, 0.3) is 0 Å². The van der Waals surface area contributed by atoms with Gasteiger partial charge in [0.2, 0.25) is 5.91 Å². The van der Waals surface area contributed by atoms with Gasteiger partial charge in [0.05, 0.1) is 7.11 Å². The van der Waals surface area contributed by atoms with E-state index in [-0.39, 0.29) is 5.91 Å². The number of benzene rings is 2. The molecule has 2 aliphatic rings. The van der Waals surface area contributed by atoms with Crippen LogP contribution in [0.5, 0.6) is 5.75 Å². The molecule has 0 spiro atoms. The van der Waals surface area contributed by atoms with Gasteiger partial charge in [0.25, 0.3) is 0 Å². The number of rotatable bonds is 6. The lowest BCUT2D eigenvalue weighted by Gasteiger charge is -2.38. The molecule has 1 fully saturated rings. The summed E-state index contributed by atoms with van der Waals surface area (Å²) in [5.74, 6) is 0.859. The quantitative estimate of drug-likeness (QED) is 0.836. The lowest BCUT2D eigenvalue weighted by molar-refractivity contribution is -0.116. The number of methoxy groups -OCH3 is 1. The van der Waals surface area contributed by atoms with Crippen LogP contribution in [0.15, 0.2) is 48.5 Å². The average Bonchev–Trinajstić information content (AvgIpc) is 3.17. The first kappa shape index (κ1) is 19.0. The minimum absolute atomic E-state index is 0.0670. The zero-order chi connectivity index (χ0) is 19.3. The number of carbonyl (C=O) groups is 1. The Morgan fingerprint density at radius 2 is 1.82 bits per heavy atom. The van der Waals surface area contributed by atoms with Crippen molar-refractivity contribution in [3.63, 3.8) is 0 Å². The molecule has 28 heavy (non-hydrogen) atoms. The van der Waals surface area contributed by atoms with E-state index in [1.54, 1.807) is 7.11 Å². The molecule has 148 valence electrons. The third-order valence-corrected chi connectivity index (χ3v) is 5.98. The maximum atomic E-state index is 12.2. The van der Waals surface area contributed by atoms with Gasteiger partial charge in [0.15, 0.2) is 0 Å². The Balaban J connectivity index is 1.21. The van der Waals surface area contributed by atoms with E-state index in [0.29, 0.717) is 12.5 Å². The Labute approximate surface area is 167 Å². The van der Waals surface area contributed by atoms with Gasteiger partial charge in [-0.05, 0) is 48.2 Å². The van der Waals surface area contributed by atoms with Gasteiger partial charge < -0.3 is 15.0 Å². The molecular formula is C23H29N3O2. The van der Waals surface area contributed by atoms with E-state index in [9.17, 15) is 4.79 Å². The van der Waals surface area contributed by atoms with Crippen molar-refractivity contribution in [1.82, 2.24) is 9.80 Å². The first-order valence-electron chi connectivity index (χ1n) is 10.2. The van der Waals surface area contributed by atoms with Gasteiger partial charge in [-0.2, -0.15) is 0 Å². The zero-order valence-corrected chi connectivity index (χ0v) is 16.6. The molecule has 5 heteroatoms. The largest absolute Gasteiger partial charge is 0.497 e. The van der Waals surface area contributed by atoms with Gasteiger partial charge >= 0.3 is 0 Å². The third kappa shape index (κ3) is 4.37. The molecule has 1 saturated heterocycles. The summed E-state index contributed by atoms with van der Waals surface area (Å²) in [6.45, 7) is 5.05. The van der Waals surface area contributed by atoms with Crippen LogP contribution in [0.2, 0.25) is 0 Å². The van der Waals surface area contributed by atoms with Crippen LogP contribution in [-0.4, -0.2) is 55.5 Å². The molecule has 1 aliphatic heterocycles. The van der Waals surface area contributed by atoms with Crippen molar-refractivity contribution in [2.45, 2.75) is 25.3 Å². The highest BCUT2D eigenvalue weighted by atomic mass is 16.5. The second-order valence-electron chi connectivity index (χ2n) is 7.66. The van der Waals surface area contributed by atoms with Gasteiger partial charge in [-0.25, -0.2) is 0 Å². The molecule has 1 amide bonds. The molecule has 4 rings (SSSR count). The van der Waals surface area contributed by atoms with Crippen LogP contribution in [0.1, 0.15) is 30.0 Å². The van der Waals surface area contributed by atoms with Crippen molar-refractivity contribution >= 4 is 11.6 Å². The van der Waals surface area contributed by atoms with Crippen LogP contribution in [0.4, 0.5) is 5.69 Å². The van der Waals surface area contributed by atoms with E-state index in [1.807, 2.05) is 24.3 Å². The number of aryl methyl sites for hydroxylation is 1. The smallest absolute Gasteiger partial charge is 0.225 e. The number of ether oxygens (including phenoxy) is 1. The molecule has 0 aromatic heterocycles. The first-order chi connectivity index (χ1) is 13.7. The Morgan fingerprint density at radius 3 is 2.57 bits per heavy atom. The number of piperazine rings is 1. The van der Waals surface area contributed by atoms with E-state index in [1.165, 1.54) is 24.0 Å². The topological polar surface area (TPSA) is 44.8 Å². The van der Waals surface area contributed by atoms with Crippen LogP contribution in [0.3, 0.4) is 0 Å². The standard InChI is InChI=1S/C23H29N3O2/c1-28-20-9-7-19(8-10-20)24-23(27)12-13-25-14-16-26(17-15-25)22-11-6-18-4-2-3-5-21(18)22/h2-5,7-10,22H,6,11-17H2,1H3,(H,24,27). The van der Waals surface area contributed by atoms with E-state index in [4.69, 9.17) is 4.74 Å². The summed E-state index contributed by atoms with van der Waals surface area (Å²) in [6.07, 6.45) is 2.97. The molecule has 1 unspecified atom stereocenters. The predicted octanol–water partition coefficient (Wildman–Crippen LogP) is 3.33. The normalized spacial score (nSPS) is 20.0. The average molecular weight is 380 g/mol. The minimum Gasteiger partial charge on any atom is -0.497 e. The minimum atomic E-state index is 0.0670. The maximum Gasteiger partial charge on any atom is 0.225 e. The highest BCUT2D eigenvalue weighted by Gasteiger charge is 2.29. The molecule has 1 aliphatic carbocycles. The summed E-state index contributed by atoms with van der Waals surface area (Å²) in [6, 6.07) is 16.9. The predicted molar refractivity (Wildman–Crippen MR) is 112 cm³/mol. The van der Waals surface area contributed by atoms with E-state index >= 15 is 0 Å². The van der Waals surface area contributed by atoms with Gasteiger partial charge in [0.1, 0.15) is 5.75 Å². The fraction of sp³-hybridized carbons (Fsp3) is 0.435. The number of nitrogens with one attached hydrogen (secondary N) is 1. The monoisotopic (exact) mass is 379 g/mol. The molecule has 0 saturated carbocycles. The first-order valence-corrected chi connectivity index (χ1v) is 10.2. The van der Waals surface area contributed by atoms with Gasteiger partial charge in [-0.15, -0.1) is 0 Å². The molecule has 2 aromatic rings. The lowest BCUT2D eigenvalue weighted by atomic mass is 10.1. The Morgan fingerprint density at radius 1 is 1.07 bits per heavy atom. The van der Waals surface area contributed by atoms with Crippen LogP contribution in [-0.2, 0) is 11.2 Å². The summed E-state index contributed by atoms with van der Waals surface area (Å²) >= 11 is 0. The SMILES string of the molecule is COc1ccc(NC(=O)CCN2CCN(C3CCc4ccccc43)CC2)cc1. The molecule has 5 nitrogen and oxygen atoms in total. The summed E-state index contributed by atoms with van der Waals surface area (Å²) in [5, 5.41) is 2.97. The van der Waals surface area contributed by atoms with Crippen molar-refractivity contribution in [2.24, 2.45) is 0 Å². The Kier molecular flexibility index (Phi) is 5.93. The zero-order valence-electron chi connectivity index (χ0n) is 16.6. The fourth-order valence-corrected chi connectivity index (χ4v) is 4.37. The maximum absolute atomic E-state index is 12.2. The third-order valence-electron chi connectivity index (χ3n) is 5.98. The number of hydrogen-bond donors (Lipinski definition) is 1. The summed E-state index contributed by atoms with van der Waals surface area (Å²) in [4.78, 5) is 17.3. The second kappa shape index (κ2) is 8.76. The molecule has 1 atom stereocenters. The van der Waals surface area contributed by atoms with Crippen molar-refractivity contribution < 1.29 is 9.53 Å². The van der Waals surface area contributed by atoms with Crippen LogP contribution >= 0.6 is 0 Å². The Hall–Kier alpha value is -2.37. The van der Waals surface area contributed by atoms with Gasteiger partial charge in [-0.1, -0.05) is 24.3 Å². The molecule has 2 aromatic carbocycles. The summed E-state index contributed by atoms with van der Waals surface area (Å²) in [5.41, 5.74) is 3.86. The van der Waals surface area contributed by atoms with E-state index in [0.717, 1.165) is 44.2 Å². The summed E-state index contributed by atoms with van der Waals surface area (Å²) < 4.78 is 5.14. The number of nitrogens with zero attached hydrogens (tertiary/aromatic N) is 2. The number of hydrogen-bond acceptors (Lipinski definition) is 4. The summed E-state index contributed by atoms with van der Waals surface area (Å²) in [7, 11) is 1.64. The van der Waals surface area contributed by atoms with Gasteiger partial charge in [-0.3, -0.25) is 9.69 Å². The van der Waals surface area contributed by atoms with Crippen molar-refractivity contribution in [2.75, 3.05) is 45.2 Å². The number of carbonyl (C=O) groups excluding carboxylic acids is 1. The number of anilines is 1. The molecular weight excluding hydrogens is 350 g/mol. The molecule has 1 N–H and O–H groups in total. The molecule has 0 radical (unpaired) electrons.